The fraction of sp³-hybridized carbons (Fsp3) is 0.562. The molecule has 2 aliphatic rings. The number of rotatable bonds is 2. The number of fused-ring (bicyclic) bond motifs is 2. The van der Waals surface area contributed by atoms with Crippen molar-refractivity contribution in [1.29, 1.82) is 0 Å². The monoisotopic (exact) mass is 294 g/mol. The molecule has 2 bridgehead atoms. The minimum atomic E-state index is -0.636. The van der Waals surface area contributed by atoms with Gasteiger partial charge in [0.15, 0.2) is 0 Å². The zero-order chi connectivity index (χ0) is 15.0. The fourth-order valence-electron chi connectivity index (χ4n) is 3.57. The van der Waals surface area contributed by atoms with Crippen molar-refractivity contribution in [2.75, 3.05) is 20.1 Å². The Morgan fingerprint density at radius 1 is 1.24 bits per heavy atom. The van der Waals surface area contributed by atoms with E-state index in [0.717, 1.165) is 38.4 Å². The van der Waals surface area contributed by atoms with E-state index in [-0.39, 0.29) is 30.0 Å². The van der Waals surface area contributed by atoms with Crippen molar-refractivity contribution in [3.05, 3.63) is 35.4 Å². The summed E-state index contributed by atoms with van der Waals surface area (Å²) in [6.45, 7) is 1.88. The fourth-order valence-corrected chi connectivity index (χ4v) is 3.57. The van der Waals surface area contributed by atoms with Gasteiger partial charge in [-0.3, -0.25) is 4.79 Å². The third kappa shape index (κ3) is 2.93. The van der Waals surface area contributed by atoms with Gasteiger partial charge in [-0.25, -0.2) is 8.78 Å². The number of hydrogen-bond acceptors (Lipinski definition) is 2. The molecule has 2 atom stereocenters. The molecule has 0 saturated carbocycles. The lowest BCUT2D eigenvalue weighted by Gasteiger charge is -2.28. The van der Waals surface area contributed by atoms with Crippen molar-refractivity contribution in [3.63, 3.8) is 0 Å². The molecule has 1 aromatic carbocycles. The second-order valence-electron chi connectivity index (χ2n) is 6.15. The van der Waals surface area contributed by atoms with Crippen LogP contribution >= 0.6 is 0 Å². The molecular formula is C16H20F2N2O. The molecule has 0 radical (unpaired) electrons. The number of likely N-dealkylation sites (N-methyl/N-ethyl adjacent to an activating group) is 1. The molecule has 1 amide bonds. The molecule has 0 spiro atoms. The van der Waals surface area contributed by atoms with Crippen molar-refractivity contribution in [2.45, 2.75) is 37.8 Å². The molecule has 3 rings (SSSR count). The van der Waals surface area contributed by atoms with Crippen molar-refractivity contribution in [3.8, 4) is 0 Å². The molecule has 2 aliphatic heterocycles. The Bertz CT molecular complexity index is 549. The molecular weight excluding hydrogens is 274 g/mol. The van der Waals surface area contributed by atoms with Crippen LogP contribution in [-0.4, -0.2) is 47.9 Å². The third-order valence-corrected chi connectivity index (χ3v) is 4.63. The van der Waals surface area contributed by atoms with Crippen molar-refractivity contribution >= 4 is 5.91 Å². The van der Waals surface area contributed by atoms with Gasteiger partial charge < -0.3 is 9.80 Å². The topological polar surface area (TPSA) is 23.6 Å². The Morgan fingerprint density at radius 2 is 2.00 bits per heavy atom. The summed E-state index contributed by atoms with van der Waals surface area (Å²) in [5.74, 6) is -1.29. The van der Waals surface area contributed by atoms with E-state index in [1.807, 2.05) is 4.90 Å². The van der Waals surface area contributed by atoms with Crippen LogP contribution in [-0.2, 0) is 11.2 Å². The summed E-state index contributed by atoms with van der Waals surface area (Å²) in [5.41, 5.74) is 0.276. The van der Waals surface area contributed by atoms with Gasteiger partial charge >= 0.3 is 0 Å². The first kappa shape index (κ1) is 14.4. The molecule has 0 aromatic heterocycles. The van der Waals surface area contributed by atoms with E-state index in [4.69, 9.17) is 0 Å². The number of nitrogens with zero attached hydrogens (tertiary/aromatic N) is 2. The lowest BCUT2D eigenvalue weighted by Crippen LogP contribution is -2.43. The van der Waals surface area contributed by atoms with Gasteiger partial charge in [-0.2, -0.15) is 0 Å². The maximum absolute atomic E-state index is 13.7. The van der Waals surface area contributed by atoms with Crippen LogP contribution in [0.5, 0.6) is 0 Å². The number of carbonyl (C=O) groups excluding carboxylic acids is 1. The Kier molecular flexibility index (Phi) is 3.93. The van der Waals surface area contributed by atoms with E-state index < -0.39 is 11.6 Å². The average molecular weight is 294 g/mol. The second kappa shape index (κ2) is 5.72. The zero-order valence-corrected chi connectivity index (χ0v) is 12.2. The van der Waals surface area contributed by atoms with Gasteiger partial charge in [0.05, 0.1) is 6.42 Å². The van der Waals surface area contributed by atoms with E-state index in [0.29, 0.717) is 0 Å². The Labute approximate surface area is 123 Å². The summed E-state index contributed by atoms with van der Waals surface area (Å²) < 4.78 is 26.6. The molecule has 2 saturated heterocycles. The predicted octanol–water partition coefficient (Wildman–Crippen LogP) is 2.20. The normalized spacial score (nSPS) is 26.0. The van der Waals surface area contributed by atoms with Crippen LogP contribution in [0.4, 0.5) is 8.78 Å². The number of hydrogen-bond donors (Lipinski definition) is 0. The lowest BCUT2D eigenvalue weighted by atomic mass is 10.1. The molecule has 2 fully saturated rings. The van der Waals surface area contributed by atoms with E-state index in [1.165, 1.54) is 12.1 Å². The van der Waals surface area contributed by atoms with E-state index in [2.05, 4.69) is 11.9 Å². The minimum absolute atomic E-state index is 0.0167. The number of benzene rings is 1. The summed E-state index contributed by atoms with van der Waals surface area (Å²) in [5, 5.41) is 0. The van der Waals surface area contributed by atoms with Gasteiger partial charge in [-0.15, -0.1) is 0 Å². The Morgan fingerprint density at radius 3 is 2.76 bits per heavy atom. The first-order valence-corrected chi connectivity index (χ1v) is 7.48. The SMILES string of the molecule is CN1CC[C@H]2CC[C@@H](C1)N2C(=O)Cc1ccc(F)cc1F. The summed E-state index contributed by atoms with van der Waals surface area (Å²) in [4.78, 5) is 16.8. The van der Waals surface area contributed by atoms with Gasteiger partial charge in [0.2, 0.25) is 5.91 Å². The molecule has 114 valence electrons. The van der Waals surface area contributed by atoms with Crippen LogP contribution in [0.2, 0.25) is 0 Å². The molecule has 0 aliphatic carbocycles. The van der Waals surface area contributed by atoms with E-state index >= 15 is 0 Å². The number of carbonyl (C=O) groups is 1. The summed E-state index contributed by atoms with van der Waals surface area (Å²) in [6, 6.07) is 3.92. The number of likely N-dealkylation sites (tertiary alicyclic amines) is 1. The highest BCUT2D eigenvalue weighted by molar-refractivity contribution is 5.80. The van der Waals surface area contributed by atoms with E-state index in [9.17, 15) is 13.6 Å². The van der Waals surface area contributed by atoms with Crippen LogP contribution in [0.1, 0.15) is 24.8 Å². The Balaban J connectivity index is 1.75. The zero-order valence-electron chi connectivity index (χ0n) is 12.2. The summed E-state index contributed by atoms with van der Waals surface area (Å²) >= 11 is 0. The molecule has 0 unspecified atom stereocenters. The Hall–Kier alpha value is -1.49. The van der Waals surface area contributed by atoms with Crippen LogP contribution in [0.25, 0.3) is 0 Å². The second-order valence-corrected chi connectivity index (χ2v) is 6.15. The van der Waals surface area contributed by atoms with Crippen molar-refractivity contribution in [1.82, 2.24) is 9.80 Å². The summed E-state index contributed by atoms with van der Waals surface area (Å²) in [7, 11) is 2.07. The molecule has 21 heavy (non-hydrogen) atoms. The summed E-state index contributed by atoms with van der Waals surface area (Å²) in [6.07, 6.45) is 3.05. The average Bonchev–Trinajstić information content (AvgIpc) is 2.73. The van der Waals surface area contributed by atoms with Crippen LogP contribution in [0.3, 0.4) is 0 Å². The van der Waals surface area contributed by atoms with Crippen molar-refractivity contribution < 1.29 is 13.6 Å². The lowest BCUT2D eigenvalue weighted by molar-refractivity contribution is -0.133. The molecule has 3 nitrogen and oxygen atoms in total. The first-order chi connectivity index (χ1) is 10.0. The standard InChI is InChI=1S/C16H20F2N2O/c1-19-7-6-13-4-5-14(10-19)20(13)16(21)8-11-2-3-12(17)9-15(11)18/h2-3,9,13-14H,4-8,10H2,1H3/t13-,14+/m1/s1. The van der Waals surface area contributed by atoms with Gasteiger partial charge in [0.25, 0.3) is 0 Å². The first-order valence-electron chi connectivity index (χ1n) is 7.48. The number of amides is 1. The van der Waals surface area contributed by atoms with E-state index in [1.54, 1.807) is 0 Å². The minimum Gasteiger partial charge on any atom is -0.335 e. The third-order valence-electron chi connectivity index (χ3n) is 4.63. The van der Waals surface area contributed by atoms with Crippen LogP contribution in [0.15, 0.2) is 18.2 Å². The van der Waals surface area contributed by atoms with Gasteiger partial charge in [0.1, 0.15) is 11.6 Å². The van der Waals surface area contributed by atoms with Gasteiger partial charge in [-0.05, 0) is 44.5 Å². The highest BCUT2D eigenvalue weighted by atomic mass is 19.1. The predicted molar refractivity (Wildman–Crippen MR) is 75.8 cm³/mol. The number of halogens is 2. The largest absolute Gasteiger partial charge is 0.335 e. The smallest absolute Gasteiger partial charge is 0.227 e. The maximum atomic E-state index is 13.7. The molecule has 1 aromatic rings. The molecule has 5 heteroatoms. The molecule has 2 heterocycles. The van der Waals surface area contributed by atoms with Gasteiger partial charge in [-0.1, -0.05) is 6.07 Å². The van der Waals surface area contributed by atoms with Gasteiger partial charge in [0, 0.05) is 24.7 Å². The quantitative estimate of drug-likeness (QED) is 0.835. The van der Waals surface area contributed by atoms with Crippen molar-refractivity contribution in [2.24, 2.45) is 0 Å². The molecule has 0 N–H and O–H groups in total. The maximum Gasteiger partial charge on any atom is 0.227 e. The van der Waals surface area contributed by atoms with Crippen LogP contribution in [0, 0.1) is 11.6 Å². The highest BCUT2D eigenvalue weighted by Crippen LogP contribution is 2.30. The highest BCUT2D eigenvalue weighted by Gasteiger charge is 2.39. The van der Waals surface area contributed by atoms with Crippen LogP contribution < -0.4 is 0 Å².